The maximum Gasteiger partial charge on any atom is 0.0376 e. The first-order chi connectivity index (χ1) is 5.27. The van der Waals surface area contributed by atoms with Crippen molar-refractivity contribution in [1.82, 2.24) is 0 Å². The van der Waals surface area contributed by atoms with Gasteiger partial charge in [0.1, 0.15) is 0 Å². The van der Waals surface area contributed by atoms with Crippen LogP contribution < -0.4 is 5.32 Å². The predicted molar refractivity (Wildman–Crippen MR) is 48.1 cm³/mol. The van der Waals surface area contributed by atoms with Crippen LogP contribution in [0.25, 0.3) is 0 Å². The lowest BCUT2D eigenvalue weighted by Gasteiger charge is -2.04. The van der Waals surface area contributed by atoms with Crippen molar-refractivity contribution in [3.8, 4) is 0 Å². The molecule has 1 heteroatoms. The molecule has 1 N–H and O–H groups in total. The Hall–Kier alpha value is -0.980. The Kier molecular flexibility index (Phi) is 1.38. The number of nitrogens with one attached hydrogen (secondary N) is 1. The fourth-order valence-electron chi connectivity index (χ4n) is 1.58. The highest BCUT2D eigenvalue weighted by Crippen LogP contribution is 2.25. The van der Waals surface area contributed by atoms with Crippen LogP contribution in [-0.4, -0.2) is 6.54 Å². The lowest BCUT2D eigenvalue weighted by molar-refractivity contribution is 1.10. The molecule has 0 atom stereocenters. The minimum atomic E-state index is 1.11. The van der Waals surface area contributed by atoms with Crippen LogP contribution in [0.4, 0.5) is 5.69 Å². The van der Waals surface area contributed by atoms with Crippen LogP contribution in [0.5, 0.6) is 0 Å². The van der Waals surface area contributed by atoms with Crippen LogP contribution in [0.1, 0.15) is 16.7 Å². The van der Waals surface area contributed by atoms with Gasteiger partial charge in [-0.3, -0.25) is 0 Å². The van der Waals surface area contributed by atoms with E-state index in [9.17, 15) is 0 Å². The molecule has 0 amide bonds. The quantitative estimate of drug-likeness (QED) is 0.593. The van der Waals surface area contributed by atoms with Crippen LogP contribution in [0.3, 0.4) is 0 Å². The second-order valence-corrected chi connectivity index (χ2v) is 3.27. The van der Waals surface area contributed by atoms with Gasteiger partial charge in [-0.2, -0.15) is 0 Å². The largest absolute Gasteiger partial charge is 0.384 e. The van der Waals surface area contributed by atoms with Crippen LogP contribution in [0.2, 0.25) is 0 Å². The van der Waals surface area contributed by atoms with Gasteiger partial charge in [0.05, 0.1) is 0 Å². The zero-order valence-corrected chi connectivity index (χ0v) is 7.07. The highest BCUT2D eigenvalue weighted by atomic mass is 14.9. The van der Waals surface area contributed by atoms with Crippen molar-refractivity contribution >= 4 is 5.69 Å². The molecule has 0 radical (unpaired) electrons. The van der Waals surface area contributed by atoms with E-state index in [2.05, 4.69) is 31.3 Å². The highest BCUT2D eigenvalue weighted by Gasteiger charge is 2.09. The minimum absolute atomic E-state index is 1.11. The van der Waals surface area contributed by atoms with E-state index in [1.54, 1.807) is 0 Å². The van der Waals surface area contributed by atoms with Crippen LogP contribution >= 0.6 is 0 Å². The Morgan fingerprint density at radius 1 is 1.18 bits per heavy atom. The number of aryl methyl sites for hydroxylation is 2. The molecule has 0 aliphatic carbocycles. The first-order valence-electron chi connectivity index (χ1n) is 4.11. The molecule has 1 nitrogen and oxygen atoms in total. The van der Waals surface area contributed by atoms with E-state index in [0.717, 1.165) is 6.54 Å². The van der Waals surface area contributed by atoms with Gasteiger partial charge in [0, 0.05) is 12.2 Å². The fourth-order valence-corrected chi connectivity index (χ4v) is 1.58. The number of benzene rings is 1. The third-order valence-corrected chi connectivity index (χ3v) is 2.43. The van der Waals surface area contributed by atoms with Crippen LogP contribution in [-0.2, 0) is 6.42 Å². The molecule has 0 saturated heterocycles. The van der Waals surface area contributed by atoms with Crippen molar-refractivity contribution in [2.75, 3.05) is 11.9 Å². The first-order valence-corrected chi connectivity index (χ1v) is 4.11. The molecule has 0 aromatic heterocycles. The van der Waals surface area contributed by atoms with Gasteiger partial charge in [-0.25, -0.2) is 0 Å². The molecule has 11 heavy (non-hydrogen) atoms. The van der Waals surface area contributed by atoms with E-state index < -0.39 is 0 Å². The first kappa shape index (κ1) is 6.71. The van der Waals surface area contributed by atoms with E-state index in [1.807, 2.05) is 0 Å². The molecular formula is C10H13N. The zero-order valence-electron chi connectivity index (χ0n) is 7.07. The molecule has 0 spiro atoms. The molecule has 0 fully saturated rings. The maximum absolute atomic E-state index is 3.37. The summed E-state index contributed by atoms with van der Waals surface area (Å²) < 4.78 is 0. The molecule has 2 rings (SSSR count). The Balaban J connectivity index is 2.57. The number of fused-ring (bicyclic) bond motifs is 1. The van der Waals surface area contributed by atoms with Gasteiger partial charge < -0.3 is 5.32 Å². The Labute approximate surface area is 67.4 Å². The van der Waals surface area contributed by atoms with Gasteiger partial charge >= 0.3 is 0 Å². The van der Waals surface area contributed by atoms with Crippen molar-refractivity contribution in [2.24, 2.45) is 0 Å². The smallest absolute Gasteiger partial charge is 0.0376 e. The number of anilines is 1. The van der Waals surface area contributed by atoms with Crippen molar-refractivity contribution in [1.29, 1.82) is 0 Å². The average molecular weight is 147 g/mol. The summed E-state index contributed by atoms with van der Waals surface area (Å²) in [4.78, 5) is 0. The van der Waals surface area contributed by atoms with E-state index in [4.69, 9.17) is 0 Å². The molecule has 0 saturated carbocycles. The van der Waals surface area contributed by atoms with Gasteiger partial charge in [0.2, 0.25) is 0 Å². The molecule has 58 valence electrons. The van der Waals surface area contributed by atoms with Gasteiger partial charge in [-0.05, 0) is 43.0 Å². The highest BCUT2D eigenvalue weighted by molar-refractivity contribution is 5.58. The van der Waals surface area contributed by atoms with Gasteiger partial charge in [0.25, 0.3) is 0 Å². The van der Waals surface area contributed by atoms with E-state index in [-0.39, 0.29) is 0 Å². The van der Waals surface area contributed by atoms with Gasteiger partial charge in [0.15, 0.2) is 0 Å². The number of hydrogen-bond acceptors (Lipinski definition) is 1. The van der Waals surface area contributed by atoms with Crippen molar-refractivity contribution in [2.45, 2.75) is 20.3 Å². The van der Waals surface area contributed by atoms with Crippen molar-refractivity contribution < 1.29 is 0 Å². The van der Waals surface area contributed by atoms with E-state index >= 15 is 0 Å². The molecule has 1 aromatic rings. The molecule has 1 heterocycles. The monoisotopic (exact) mass is 147 g/mol. The SMILES string of the molecule is Cc1cc2c(cc1C)NCC2. The molecule has 0 unspecified atom stereocenters. The second kappa shape index (κ2) is 2.26. The Bertz CT molecular complexity index is 260. The molecule has 1 aliphatic heterocycles. The number of hydrogen-bond donors (Lipinski definition) is 1. The summed E-state index contributed by atoms with van der Waals surface area (Å²) in [7, 11) is 0. The number of rotatable bonds is 0. The Morgan fingerprint density at radius 3 is 2.73 bits per heavy atom. The summed E-state index contributed by atoms with van der Waals surface area (Å²) >= 11 is 0. The summed E-state index contributed by atoms with van der Waals surface area (Å²) in [6.45, 7) is 5.45. The minimum Gasteiger partial charge on any atom is -0.384 e. The zero-order chi connectivity index (χ0) is 7.84. The van der Waals surface area contributed by atoms with E-state index in [1.165, 1.54) is 28.8 Å². The molecule has 1 aromatic carbocycles. The lowest BCUT2D eigenvalue weighted by Crippen LogP contribution is -1.91. The van der Waals surface area contributed by atoms with E-state index in [0.29, 0.717) is 0 Å². The second-order valence-electron chi connectivity index (χ2n) is 3.27. The topological polar surface area (TPSA) is 12.0 Å². The lowest BCUT2D eigenvalue weighted by atomic mass is 10.0. The third kappa shape index (κ3) is 1.01. The van der Waals surface area contributed by atoms with Gasteiger partial charge in [-0.1, -0.05) is 6.07 Å². The third-order valence-electron chi connectivity index (χ3n) is 2.43. The van der Waals surface area contributed by atoms with Crippen LogP contribution in [0.15, 0.2) is 12.1 Å². The van der Waals surface area contributed by atoms with Crippen molar-refractivity contribution in [3.63, 3.8) is 0 Å². The normalized spacial score (nSPS) is 14.4. The van der Waals surface area contributed by atoms with Crippen molar-refractivity contribution in [3.05, 3.63) is 28.8 Å². The summed E-state index contributed by atoms with van der Waals surface area (Å²) in [5.74, 6) is 0. The summed E-state index contributed by atoms with van der Waals surface area (Å²) in [5, 5.41) is 3.37. The van der Waals surface area contributed by atoms with Gasteiger partial charge in [-0.15, -0.1) is 0 Å². The maximum atomic E-state index is 3.37. The van der Waals surface area contributed by atoms with Crippen LogP contribution in [0, 0.1) is 13.8 Å². The summed E-state index contributed by atoms with van der Waals surface area (Å²) in [6, 6.07) is 4.54. The molecule has 0 bridgehead atoms. The Morgan fingerprint density at radius 2 is 1.91 bits per heavy atom. The fraction of sp³-hybridized carbons (Fsp3) is 0.400. The predicted octanol–water partition coefficient (Wildman–Crippen LogP) is 2.27. The average Bonchev–Trinajstić information content (AvgIpc) is 2.36. The standard InChI is InChI=1S/C10H13N/c1-7-5-9-3-4-11-10(9)6-8(7)2/h5-6,11H,3-4H2,1-2H3. The molecular weight excluding hydrogens is 134 g/mol. The summed E-state index contributed by atoms with van der Waals surface area (Å²) in [5.41, 5.74) is 5.62. The molecule has 1 aliphatic rings. The summed E-state index contributed by atoms with van der Waals surface area (Å²) in [6.07, 6.45) is 1.19.